The van der Waals surface area contributed by atoms with Crippen LogP contribution < -0.4 is 5.32 Å². The number of hydrogen-bond acceptors (Lipinski definition) is 6. The minimum atomic E-state index is -1.41. The molecule has 1 aliphatic heterocycles. The fourth-order valence-electron chi connectivity index (χ4n) is 1.64. The van der Waals surface area contributed by atoms with Crippen molar-refractivity contribution in [1.82, 2.24) is 5.32 Å². The predicted molar refractivity (Wildman–Crippen MR) is 52.2 cm³/mol. The summed E-state index contributed by atoms with van der Waals surface area (Å²) in [6, 6.07) is -1.11. The van der Waals surface area contributed by atoms with Gasteiger partial charge in [0.15, 0.2) is 6.29 Å². The van der Waals surface area contributed by atoms with E-state index < -0.39 is 36.4 Å². The van der Waals surface area contributed by atoms with E-state index in [0.717, 1.165) is 0 Å². The van der Waals surface area contributed by atoms with E-state index in [1.165, 1.54) is 6.92 Å². The Morgan fingerprint density at radius 1 is 1.38 bits per heavy atom. The van der Waals surface area contributed by atoms with Crippen molar-refractivity contribution >= 4 is 5.91 Å². The average Bonchev–Trinajstić information content (AvgIpc) is 2.32. The van der Waals surface area contributed by atoms with Gasteiger partial charge in [-0.15, -0.1) is 0 Å². The number of aliphatic hydroxyl groups excluding tert-OH is 4. The van der Waals surface area contributed by atoms with Crippen molar-refractivity contribution in [2.75, 3.05) is 13.2 Å². The number of rotatable bonds is 2. The number of carbonyl (C=O) groups excluding carboxylic acids is 1. The fourth-order valence-corrected chi connectivity index (χ4v) is 1.64. The van der Waals surface area contributed by atoms with Crippen molar-refractivity contribution in [3.05, 3.63) is 0 Å². The summed E-state index contributed by atoms with van der Waals surface area (Å²) in [5.41, 5.74) is 0. The molecule has 1 aliphatic rings. The van der Waals surface area contributed by atoms with E-state index in [2.05, 4.69) is 5.32 Å². The van der Waals surface area contributed by atoms with Crippen LogP contribution in [-0.4, -0.2) is 64.1 Å². The van der Waals surface area contributed by atoms with Gasteiger partial charge in [0, 0.05) is 12.8 Å². The lowest BCUT2D eigenvalue weighted by Gasteiger charge is -2.27. The maximum atomic E-state index is 10.9. The molecule has 7 heteroatoms. The van der Waals surface area contributed by atoms with E-state index in [1.807, 2.05) is 0 Å². The molecule has 0 aliphatic carbocycles. The van der Waals surface area contributed by atoms with Crippen LogP contribution in [-0.2, 0) is 9.53 Å². The summed E-state index contributed by atoms with van der Waals surface area (Å²) >= 11 is 0. The minimum Gasteiger partial charge on any atom is -0.396 e. The average molecular weight is 235 g/mol. The molecule has 1 amide bonds. The second-order valence-corrected chi connectivity index (χ2v) is 3.87. The van der Waals surface area contributed by atoms with Gasteiger partial charge in [0.1, 0.15) is 12.1 Å². The van der Waals surface area contributed by atoms with Crippen molar-refractivity contribution in [1.29, 1.82) is 0 Å². The molecule has 5 N–H and O–H groups in total. The second-order valence-electron chi connectivity index (χ2n) is 3.87. The minimum absolute atomic E-state index is 0.0913. The Hall–Kier alpha value is -0.730. The molecule has 0 bridgehead atoms. The molecule has 94 valence electrons. The van der Waals surface area contributed by atoms with Crippen molar-refractivity contribution in [2.45, 2.75) is 31.5 Å². The maximum absolute atomic E-state index is 10.9. The Kier molecular flexibility index (Phi) is 4.63. The van der Waals surface area contributed by atoms with Crippen molar-refractivity contribution in [3.8, 4) is 0 Å². The van der Waals surface area contributed by atoms with Gasteiger partial charge in [-0.2, -0.15) is 0 Å². The predicted octanol–water partition coefficient (Wildman–Crippen LogP) is -2.83. The van der Waals surface area contributed by atoms with Gasteiger partial charge >= 0.3 is 0 Å². The summed E-state index contributed by atoms with van der Waals surface area (Å²) in [6.45, 7) is 0.754. The first-order valence-electron chi connectivity index (χ1n) is 5.01. The summed E-state index contributed by atoms with van der Waals surface area (Å²) in [5.74, 6) is -1.15. The van der Waals surface area contributed by atoms with Crippen LogP contribution in [0.15, 0.2) is 0 Å². The quantitative estimate of drug-likeness (QED) is 0.352. The first-order valence-corrected chi connectivity index (χ1v) is 5.01. The second kappa shape index (κ2) is 5.55. The Morgan fingerprint density at radius 2 is 2.00 bits per heavy atom. The van der Waals surface area contributed by atoms with Gasteiger partial charge in [0.2, 0.25) is 5.91 Å². The highest BCUT2D eigenvalue weighted by Gasteiger charge is 2.40. The van der Waals surface area contributed by atoms with Crippen LogP contribution in [0.4, 0.5) is 0 Å². The highest BCUT2D eigenvalue weighted by atomic mass is 16.6. The highest BCUT2D eigenvalue weighted by Crippen LogP contribution is 2.19. The molecule has 3 unspecified atom stereocenters. The zero-order valence-electron chi connectivity index (χ0n) is 8.91. The monoisotopic (exact) mass is 235 g/mol. The van der Waals surface area contributed by atoms with Gasteiger partial charge in [-0.25, -0.2) is 0 Å². The number of carbonyl (C=O) groups is 1. The molecular formula is C9H17NO6. The number of aliphatic hydroxyl groups is 4. The topological polar surface area (TPSA) is 119 Å². The number of amides is 1. The molecule has 0 radical (unpaired) electrons. The van der Waals surface area contributed by atoms with Crippen LogP contribution in [0.1, 0.15) is 6.92 Å². The smallest absolute Gasteiger partial charge is 0.217 e. The summed E-state index contributed by atoms with van der Waals surface area (Å²) < 4.78 is 4.92. The van der Waals surface area contributed by atoms with E-state index in [1.54, 1.807) is 0 Å². The molecule has 0 aromatic rings. The molecular weight excluding hydrogens is 218 g/mol. The molecule has 0 aromatic carbocycles. The molecule has 16 heavy (non-hydrogen) atoms. The van der Waals surface area contributed by atoms with Crippen molar-refractivity contribution in [2.24, 2.45) is 5.92 Å². The molecule has 0 aromatic heterocycles. The maximum Gasteiger partial charge on any atom is 0.217 e. The first-order chi connectivity index (χ1) is 7.47. The van der Waals surface area contributed by atoms with Crippen LogP contribution in [0.3, 0.4) is 0 Å². The number of hydrogen-bond donors (Lipinski definition) is 5. The van der Waals surface area contributed by atoms with Gasteiger partial charge in [-0.1, -0.05) is 0 Å². The lowest BCUT2D eigenvalue weighted by Crippen LogP contribution is -2.54. The summed E-state index contributed by atoms with van der Waals surface area (Å²) in [4.78, 5) is 10.9. The van der Waals surface area contributed by atoms with Crippen LogP contribution in [0, 0.1) is 5.92 Å². The van der Waals surface area contributed by atoms with Gasteiger partial charge in [0.25, 0.3) is 0 Å². The molecule has 1 heterocycles. The standard InChI is InChI=1S/C9H17NO6/c1-4(12)10-6-8(14)7(13)5(2-11)3-16-9(6)15/h5-9,11,13-15H,2-3H2,1H3,(H,10,12)/t5?,6?,7-,8?,9-/m1/s1. The van der Waals surface area contributed by atoms with Gasteiger partial charge in [0.05, 0.1) is 19.3 Å². The number of nitrogens with one attached hydrogen (secondary N) is 1. The van der Waals surface area contributed by atoms with Crippen LogP contribution >= 0.6 is 0 Å². The largest absolute Gasteiger partial charge is 0.396 e. The molecule has 7 nitrogen and oxygen atoms in total. The van der Waals surface area contributed by atoms with Gasteiger partial charge in [-0.05, 0) is 0 Å². The normalized spacial score (nSPS) is 40.2. The Balaban J connectivity index is 2.78. The van der Waals surface area contributed by atoms with E-state index in [9.17, 15) is 20.1 Å². The third-order valence-electron chi connectivity index (χ3n) is 2.59. The molecule has 1 fully saturated rings. The molecule has 1 rings (SSSR count). The third kappa shape index (κ3) is 2.89. The number of ether oxygens (including phenoxy) is 1. The molecule has 5 atom stereocenters. The Morgan fingerprint density at radius 3 is 2.50 bits per heavy atom. The highest BCUT2D eigenvalue weighted by molar-refractivity contribution is 5.73. The Labute approximate surface area is 92.7 Å². The van der Waals surface area contributed by atoms with Gasteiger partial charge in [-0.3, -0.25) is 4.79 Å². The summed E-state index contributed by atoms with van der Waals surface area (Å²) in [6.07, 6.45) is -4.07. The Bertz CT molecular complexity index is 248. The first kappa shape index (κ1) is 13.3. The van der Waals surface area contributed by atoms with Crippen molar-refractivity contribution < 1.29 is 30.0 Å². The van der Waals surface area contributed by atoms with E-state index in [4.69, 9.17) is 9.84 Å². The van der Waals surface area contributed by atoms with Crippen molar-refractivity contribution in [3.63, 3.8) is 0 Å². The molecule has 0 saturated carbocycles. The SMILES string of the molecule is CC(=O)NC1C(O)[C@H](O)C(CO)CO[C@H]1O. The molecule has 1 saturated heterocycles. The van der Waals surface area contributed by atoms with E-state index in [-0.39, 0.29) is 13.2 Å². The molecule has 0 spiro atoms. The van der Waals surface area contributed by atoms with Crippen LogP contribution in [0.5, 0.6) is 0 Å². The summed E-state index contributed by atoms with van der Waals surface area (Å²) in [5, 5.41) is 40.1. The van der Waals surface area contributed by atoms with E-state index >= 15 is 0 Å². The third-order valence-corrected chi connectivity index (χ3v) is 2.59. The van der Waals surface area contributed by atoms with Gasteiger partial charge < -0.3 is 30.5 Å². The summed E-state index contributed by atoms with van der Waals surface area (Å²) in [7, 11) is 0. The fraction of sp³-hybridized carbons (Fsp3) is 0.889. The lowest BCUT2D eigenvalue weighted by atomic mass is 9.96. The zero-order valence-corrected chi connectivity index (χ0v) is 8.91. The zero-order chi connectivity index (χ0) is 12.3. The van der Waals surface area contributed by atoms with E-state index in [0.29, 0.717) is 0 Å². The van der Waals surface area contributed by atoms with Crippen LogP contribution in [0.25, 0.3) is 0 Å². The van der Waals surface area contributed by atoms with Crippen LogP contribution in [0.2, 0.25) is 0 Å². The lowest BCUT2D eigenvalue weighted by molar-refractivity contribution is -0.142.